The van der Waals surface area contributed by atoms with E-state index >= 15 is 0 Å². The van der Waals surface area contributed by atoms with Gasteiger partial charge in [0.1, 0.15) is 5.82 Å². The van der Waals surface area contributed by atoms with Gasteiger partial charge < -0.3 is 4.90 Å². The molecule has 0 spiro atoms. The van der Waals surface area contributed by atoms with Gasteiger partial charge in [-0.25, -0.2) is 4.98 Å². The molecule has 1 atom stereocenters. The second-order valence-corrected chi connectivity index (χ2v) is 5.15. The number of benzene rings is 1. The van der Waals surface area contributed by atoms with Gasteiger partial charge in [-0.05, 0) is 31.0 Å². The molecule has 0 radical (unpaired) electrons. The lowest BCUT2D eigenvalue weighted by Crippen LogP contribution is -2.30. The highest BCUT2D eigenvalue weighted by Gasteiger charge is 2.24. The van der Waals surface area contributed by atoms with Crippen molar-refractivity contribution in [1.29, 1.82) is 0 Å². The van der Waals surface area contributed by atoms with Crippen LogP contribution >= 0.6 is 15.9 Å². The van der Waals surface area contributed by atoms with Crippen LogP contribution < -0.4 is 4.90 Å². The summed E-state index contributed by atoms with van der Waals surface area (Å²) in [7, 11) is 0. The van der Waals surface area contributed by atoms with Crippen LogP contribution in [0.4, 0.5) is 5.82 Å². The Morgan fingerprint density at radius 3 is 3.00 bits per heavy atom. The molecular formula is C14H15BrN2. The number of nitrogens with zero attached hydrogens (tertiary/aromatic N) is 2. The Morgan fingerprint density at radius 2 is 2.12 bits per heavy atom. The molecule has 1 aliphatic rings. The smallest absolute Gasteiger partial charge is 0.129 e. The van der Waals surface area contributed by atoms with E-state index in [2.05, 4.69) is 51.2 Å². The molecule has 1 aromatic carbocycles. The summed E-state index contributed by atoms with van der Waals surface area (Å²) in [5.41, 5.74) is 1.09. The zero-order chi connectivity index (χ0) is 11.7. The maximum absolute atomic E-state index is 4.76. The zero-order valence-corrected chi connectivity index (χ0v) is 11.2. The fourth-order valence-electron chi connectivity index (χ4n) is 2.51. The van der Waals surface area contributed by atoms with Gasteiger partial charge in [-0.15, -0.1) is 0 Å². The summed E-state index contributed by atoms with van der Waals surface area (Å²) >= 11 is 3.59. The van der Waals surface area contributed by atoms with Crippen molar-refractivity contribution >= 4 is 32.7 Å². The van der Waals surface area contributed by atoms with E-state index < -0.39 is 0 Å². The molecule has 3 rings (SSSR count). The Bertz CT molecular complexity index is 526. The molecule has 2 aromatic rings. The molecule has 3 heteroatoms. The summed E-state index contributed by atoms with van der Waals surface area (Å²) < 4.78 is 0. The summed E-state index contributed by atoms with van der Waals surface area (Å²) in [6.07, 6.45) is 2.53. The Morgan fingerprint density at radius 1 is 1.24 bits per heavy atom. The minimum absolute atomic E-state index is 0.601. The topological polar surface area (TPSA) is 16.1 Å². The molecule has 2 heterocycles. The van der Waals surface area contributed by atoms with Gasteiger partial charge in [-0.1, -0.05) is 34.1 Å². The van der Waals surface area contributed by atoms with Crippen molar-refractivity contribution in [3.8, 4) is 0 Å². The maximum atomic E-state index is 4.76. The van der Waals surface area contributed by atoms with Gasteiger partial charge >= 0.3 is 0 Å². The molecule has 0 bridgehead atoms. The minimum Gasteiger partial charge on any atom is -0.353 e. The average molecular weight is 291 g/mol. The van der Waals surface area contributed by atoms with Crippen molar-refractivity contribution in [1.82, 2.24) is 4.98 Å². The molecule has 2 nitrogen and oxygen atoms in total. The number of anilines is 1. The second-order valence-electron chi connectivity index (χ2n) is 4.51. The lowest BCUT2D eigenvalue weighted by Gasteiger charge is -2.24. The number of rotatable bonds is 2. The first-order chi connectivity index (χ1) is 8.38. The SMILES string of the molecule is BrCC1CCCN1c1ccc2ccccc2n1. The van der Waals surface area contributed by atoms with Gasteiger partial charge in [0.15, 0.2) is 0 Å². The highest BCUT2D eigenvalue weighted by Crippen LogP contribution is 2.26. The van der Waals surface area contributed by atoms with E-state index in [0.717, 1.165) is 23.2 Å². The van der Waals surface area contributed by atoms with Crippen LogP contribution in [0.3, 0.4) is 0 Å². The third kappa shape index (κ3) is 2.04. The minimum atomic E-state index is 0.601. The number of hydrogen-bond acceptors (Lipinski definition) is 2. The van der Waals surface area contributed by atoms with Crippen molar-refractivity contribution < 1.29 is 0 Å². The molecule has 0 N–H and O–H groups in total. The normalized spacial score (nSPS) is 20.1. The van der Waals surface area contributed by atoms with E-state index in [4.69, 9.17) is 4.98 Å². The van der Waals surface area contributed by atoms with E-state index in [1.54, 1.807) is 0 Å². The zero-order valence-electron chi connectivity index (χ0n) is 9.64. The molecule has 0 amide bonds. The third-order valence-electron chi connectivity index (χ3n) is 3.43. The molecule has 1 aliphatic heterocycles. The van der Waals surface area contributed by atoms with Gasteiger partial charge in [0.25, 0.3) is 0 Å². The quantitative estimate of drug-likeness (QED) is 0.786. The van der Waals surface area contributed by atoms with Crippen molar-refractivity contribution in [2.45, 2.75) is 18.9 Å². The lowest BCUT2D eigenvalue weighted by molar-refractivity contribution is 0.743. The van der Waals surface area contributed by atoms with Crippen LogP contribution in [-0.2, 0) is 0 Å². The first-order valence-electron chi connectivity index (χ1n) is 6.07. The van der Waals surface area contributed by atoms with Crippen molar-refractivity contribution in [2.75, 3.05) is 16.8 Å². The molecule has 1 aromatic heterocycles. The first-order valence-corrected chi connectivity index (χ1v) is 7.19. The van der Waals surface area contributed by atoms with E-state index in [1.165, 1.54) is 18.2 Å². The third-order valence-corrected chi connectivity index (χ3v) is 4.18. The summed E-state index contributed by atoms with van der Waals surface area (Å²) in [6.45, 7) is 1.13. The number of hydrogen-bond donors (Lipinski definition) is 0. The first kappa shape index (κ1) is 11.0. The Labute approximate surface area is 110 Å². The Kier molecular flexibility index (Phi) is 3.02. The van der Waals surface area contributed by atoms with Crippen LogP contribution in [0.1, 0.15) is 12.8 Å². The molecule has 1 saturated heterocycles. The highest BCUT2D eigenvalue weighted by molar-refractivity contribution is 9.09. The summed E-state index contributed by atoms with van der Waals surface area (Å²) in [5.74, 6) is 1.12. The number of fused-ring (bicyclic) bond motifs is 1. The van der Waals surface area contributed by atoms with Crippen molar-refractivity contribution in [2.24, 2.45) is 0 Å². The van der Waals surface area contributed by atoms with E-state index in [1.807, 2.05) is 6.07 Å². The van der Waals surface area contributed by atoms with Gasteiger partial charge in [0.2, 0.25) is 0 Å². The predicted molar refractivity (Wildman–Crippen MR) is 75.9 cm³/mol. The van der Waals surface area contributed by atoms with Crippen LogP contribution in [0.15, 0.2) is 36.4 Å². The summed E-state index contributed by atoms with van der Waals surface area (Å²) in [4.78, 5) is 7.18. The highest BCUT2D eigenvalue weighted by atomic mass is 79.9. The monoisotopic (exact) mass is 290 g/mol. The molecule has 1 fully saturated rings. The molecule has 88 valence electrons. The predicted octanol–water partition coefficient (Wildman–Crippen LogP) is 3.60. The fourth-order valence-corrected chi connectivity index (χ4v) is 3.19. The van der Waals surface area contributed by atoms with Gasteiger partial charge in [-0.3, -0.25) is 0 Å². The van der Waals surface area contributed by atoms with Crippen LogP contribution in [0.2, 0.25) is 0 Å². The number of halogens is 1. The number of aromatic nitrogens is 1. The summed E-state index contributed by atoms with van der Waals surface area (Å²) in [5, 5.41) is 2.24. The molecule has 17 heavy (non-hydrogen) atoms. The van der Waals surface area contributed by atoms with Crippen molar-refractivity contribution in [3.63, 3.8) is 0 Å². The Hall–Kier alpha value is -1.09. The largest absolute Gasteiger partial charge is 0.353 e. The summed E-state index contributed by atoms with van der Waals surface area (Å²) in [6, 6.07) is 13.2. The number of pyridine rings is 1. The van der Waals surface area contributed by atoms with Gasteiger partial charge in [-0.2, -0.15) is 0 Å². The fraction of sp³-hybridized carbons (Fsp3) is 0.357. The molecule has 0 saturated carbocycles. The molecule has 0 aliphatic carbocycles. The van der Waals surface area contributed by atoms with Crippen LogP contribution in [0, 0.1) is 0 Å². The second kappa shape index (κ2) is 4.65. The van der Waals surface area contributed by atoms with Crippen LogP contribution in [-0.4, -0.2) is 22.9 Å². The Balaban J connectivity index is 2.00. The maximum Gasteiger partial charge on any atom is 0.129 e. The number of para-hydroxylation sites is 1. The average Bonchev–Trinajstić information content (AvgIpc) is 2.86. The van der Waals surface area contributed by atoms with Crippen molar-refractivity contribution in [3.05, 3.63) is 36.4 Å². The van der Waals surface area contributed by atoms with Crippen LogP contribution in [0.5, 0.6) is 0 Å². The van der Waals surface area contributed by atoms with E-state index in [-0.39, 0.29) is 0 Å². The number of alkyl halides is 1. The van der Waals surface area contributed by atoms with E-state index in [9.17, 15) is 0 Å². The van der Waals surface area contributed by atoms with Gasteiger partial charge in [0.05, 0.1) is 5.52 Å². The molecule has 1 unspecified atom stereocenters. The van der Waals surface area contributed by atoms with Crippen LogP contribution in [0.25, 0.3) is 10.9 Å². The van der Waals surface area contributed by atoms with Gasteiger partial charge in [0, 0.05) is 23.3 Å². The van der Waals surface area contributed by atoms with E-state index in [0.29, 0.717) is 6.04 Å². The standard InChI is InChI=1S/C14H15BrN2/c15-10-12-5-3-9-17(12)14-8-7-11-4-1-2-6-13(11)16-14/h1-2,4,6-8,12H,3,5,9-10H2. The molecular weight excluding hydrogens is 276 g/mol. The lowest BCUT2D eigenvalue weighted by atomic mass is 10.2.